The molecular weight excluding hydrogens is 336 g/mol. The lowest BCUT2D eigenvalue weighted by Crippen LogP contribution is -2.05. The van der Waals surface area contributed by atoms with Crippen LogP contribution in [0.2, 0.25) is 0 Å². The van der Waals surface area contributed by atoms with Crippen LogP contribution in [0.15, 0.2) is 67.1 Å². The van der Waals surface area contributed by atoms with Gasteiger partial charge in [-0.25, -0.2) is 4.98 Å². The summed E-state index contributed by atoms with van der Waals surface area (Å²) >= 11 is 0. The molecule has 0 bridgehead atoms. The van der Waals surface area contributed by atoms with Gasteiger partial charge >= 0.3 is 0 Å². The van der Waals surface area contributed by atoms with E-state index in [1.54, 1.807) is 17.1 Å². The van der Waals surface area contributed by atoms with Gasteiger partial charge in [0.25, 0.3) is 0 Å². The normalized spacial score (nSPS) is 10.7. The van der Waals surface area contributed by atoms with Crippen LogP contribution < -0.4 is 4.74 Å². The van der Waals surface area contributed by atoms with E-state index in [0.29, 0.717) is 18.7 Å². The third-order valence-electron chi connectivity index (χ3n) is 4.63. The fraction of sp³-hybridized carbons (Fsp3) is 0.304. The van der Waals surface area contributed by atoms with Crippen molar-refractivity contribution in [2.75, 3.05) is 6.61 Å². The van der Waals surface area contributed by atoms with Crippen LogP contribution in [0.1, 0.15) is 42.6 Å². The number of carbonyl (C=O) groups is 1. The molecule has 0 aliphatic carbocycles. The Morgan fingerprint density at radius 2 is 1.63 bits per heavy atom. The van der Waals surface area contributed by atoms with E-state index >= 15 is 0 Å². The average molecular weight is 362 g/mol. The largest absolute Gasteiger partial charge is 0.494 e. The first-order valence-corrected chi connectivity index (χ1v) is 9.52. The number of ketones is 1. The standard InChI is InChI=1S/C23H26N2O2/c1-25-18-24-17-22(25)23(26)11-7-2-3-8-16-27-21-14-12-20(13-15-21)19-9-5-4-6-10-19/h4-6,9-10,12-15,17-18H,2-3,7-8,11,16H2,1H3. The Morgan fingerprint density at radius 3 is 2.33 bits per heavy atom. The third-order valence-corrected chi connectivity index (χ3v) is 4.63. The van der Waals surface area contributed by atoms with Crippen LogP contribution in [0.4, 0.5) is 0 Å². The number of aryl methyl sites for hydroxylation is 1. The zero-order valence-electron chi connectivity index (χ0n) is 15.8. The lowest BCUT2D eigenvalue weighted by atomic mass is 10.1. The SMILES string of the molecule is Cn1cncc1C(=O)CCCCCCOc1ccc(-c2ccccc2)cc1. The van der Waals surface area contributed by atoms with Gasteiger partial charge in [0.2, 0.25) is 0 Å². The zero-order chi connectivity index (χ0) is 18.9. The number of hydrogen-bond acceptors (Lipinski definition) is 3. The maximum atomic E-state index is 12.0. The van der Waals surface area contributed by atoms with Gasteiger partial charge in [-0.1, -0.05) is 55.3 Å². The molecule has 0 aliphatic heterocycles. The Hall–Kier alpha value is -2.88. The van der Waals surface area contributed by atoms with Crippen LogP contribution >= 0.6 is 0 Å². The number of unbranched alkanes of at least 4 members (excludes halogenated alkanes) is 3. The van der Waals surface area contributed by atoms with E-state index in [2.05, 4.69) is 29.2 Å². The van der Waals surface area contributed by atoms with Crippen molar-refractivity contribution in [3.05, 3.63) is 72.8 Å². The number of rotatable bonds is 10. The number of imidazole rings is 1. The molecule has 0 fully saturated rings. The smallest absolute Gasteiger partial charge is 0.180 e. The summed E-state index contributed by atoms with van der Waals surface area (Å²) in [7, 11) is 1.85. The molecule has 140 valence electrons. The van der Waals surface area contributed by atoms with E-state index < -0.39 is 0 Å². The fourth-order valence-corrected chi connectivity index (χ4v) is 3.06. The fourth-order valence-electron chi connectivity index (χ4n) is 3.06. The Kier molecular flexibility index (Phi) is 6.80. The molecule has 0 atom stereocenters. The third kappa shape index (κ3) is 5.55. The zero-order valence-corrected chi connectivity index (χ0v) is 15.8. The van der Waals surface area contributed by atoms with Crippen molar-refractivity contribution in [1.29, 1.82) is 0 Å². The monoisotopic (exact) mass is 362 g/mol. The number of carbonyl (C=O) groups excluding carboxylic acids is 1. The maximum Gasteiger partial charge on any atom is 0.180 e. The maximum absolute atomic E-state index is 12.0. The van der Waals surface area contributed by atoms with E-state index in [4.69, 9.17) is 4.74 Å². The van der Waals surface area contributed by atoms with Crippen LogP contribution in [-0.2, 0) is 7.05 Å². The van der Waals surface area contributed by atoms with Gasteiger partial charge < -0.3 is 9.30 Å². The topological polar surface area (TPSA) is 44.1 Å². The van der Waals surface area contributed by atoms with Crippen LogP contribution in [0.25, 0.3) is 11.1 Å². The second-order valence-electron chi connectivity index (χ2n) is 6.72. The lowest BCUT2D eigenvalue weighted by Gasteiger charge is -2.07. The molecule has 2 aromatic carbocycles. The number of ether oxygens (including phenoxy) is 1. The van der Waals surface area contributed by atoms with Gasteiger partial charge in [0.15, 0.2) is 5.78 Å². The van der Waals surface area contributed by atoms with Gasteiger partial charge in [-0.15, -0.1) is 0 Å². The molecule has 1 heterocycles. The highest BCUT2D eigenvalue weighted by molar-refractivity contribution is 5.94. The van der Waals surface area contributed by atoms with Gasteiger partial charge in [-0.05, 0) is 36.1 Å². The summed E-state index contributed by atoms with van der Waals surface area (Å²) in [5.41, 5.74) is 3.10. The summed E-state index contributed by atoms with van der Waals surface area (Å²) in [6.07, 6.45) is 7.91. The molecule has 3 rings (SSSR count). The molecule has 4 heteroatoms. The van der Waals surface area contributed by atoms with Gasteiger partial charge in [0.05, 0.1) is 19.1 Å². The molecule has 0 saturated heterocycles. The van der Waals surface area contributed by atoms with Crippen molar-refractivity contribution in [3.63, 3.8) is 0 Å². The Morgan fingerprint density at radius 1 is 0.926 bits per heavy atom. The summed E-state index contributed by atoms with van der Waals surface area (Å²) in [5, 5.41) is 0. The average Bonchev–Trinajstić information content (AvgIpc) is 3.14. The highest BCUT2D eigenvalue weighted by atomic mass is 16.5. The molecule has 1 aromatic heterocycles. The number of Topliss-reactive ketones (excluding diaryl/α,β-unsaturated/α-hetero) is 1. The summed E-state index contributed by atoms with van der Waals surface area (Å²) in [6.45, 7) is 0.709. The van der Waals surface area contributed by atoms with E-state index in [1.165, 1.54) is 11.1 Å². The van der Waals surface area contributed by atoms with E-state index in [9.17, 15) is 4.79 Å². The first-order valence-electron chi connectivity index (χ1n) is 9.52. The summed E-state index contributed by atoms with van der Waals surface area (Å²) in [4.78, 5) is 16.0. The van der Waals surface area contributed by atoms with E-state index in [-0.39, 0.29) is 5.78 Å². The Bertz CT molecular complexity index is 838. The summed E-state index contributed by atoms with van der Waals surface area (Å²) in [6, 6.07) is 18.6. The molecule has 4 nitrogen and oxygen atoms in total. The van der Waals surface area contributed by atoms with Crippen molar-refractivity contribution in [2.45, 2.75) is 32.1 Å². The van der Waals surface area contributed by atoms with Gasteiger partial charge in [-0.2, -0.15) is 0 Å². The van der Waals surface area contributed by atoms with Crippen molar-refractivity contribution >= 4 is 5.78 Å². The summed E-state index contributed by atoms with van der Waals surface area (Å²) < 4.78 is 7.60. The molecule has 0 amide bonds. The van der Waals surface area contributed by atoms with Crippen LogP contribution in [0, 0.1) is 0 Å². The first kappa shape index (κ1) is 18.9. The van der Waals surface area contributed by atoms with Crippen LogP contribution in [0.3, 0.4) is 0 Å². The predicted octanol–water partition coefficient (Wildman–Crippen LogP) is 5.30. The second kappa shape index (κ2) is 9.72. The van der Waals surface area contributed by atoms with E-state index in [1.807, 2.05) is 37.4 Å². The highest BCUT2D eigenvalue weighted by Crippen LogP contribution is 2.22. The van der Waals surface area contributed by atoms with Crippen LogP contribution in [0.5, 0.6) is 5.75 Å². The molecule has 0 saturated carbocycles. The molecule has 0 unspecified atom stereocenters. The molecule has 0 aliphatic rings. The number of nitrogens with zero attached hydrogens (tertiary/aromatic N) is 2. The Balaban J connectivity index is 1.30. The number of aromatic nitrogens is 2. The Labute approximate surface area is 160 Å². The number of benzene rings is 2. The van der Waals surface area contributed by atoms with Crippen molar-refractivity contribution < 1.29 is 9.53 Å². The van der Waals surface area contributed by atoms with Gasteiger partial charge in [-0.3, -0.25) is 4.79 Å². The van der Waals surface area contributed by atoms with Gasteiger partial charge in [0, 0.05) is 13.5 Å². The quantitative estimate of drug-likeness (QED) is 0.363. The minimum absolute atomic E-state index is 0.171. The second-order valence-corrected chi connectivity index (χ2v) is 6.72. The lowest BCUT2D eigenvalue weighted by molar-refractivity contribution is 0.0971. The predicted molar refractivity (Wildman–Crippen MR) is 108 cm³/mol. The molecule has 0 N–H and O–H groups in total. The highest BCUT2D eigenvalue weighted by Gasteiger charge is 2.08. The molecule has 0 spiro atoms. The first-order chi connectivity index (χ1) is 13.2. The van der Waals surface area contributed by atoms with Crippen molar-refractivity contribution in [3.8, 4) is 16.9 Å². The number of hydrogen-bond donors (Lipinski definition) is 0. The van der Waals surface area contributed by atoms with Gasteiger partial charge in [0.1, 0.15) is 11.4 Å². The molecule has 27 heavy (non-hydrogen) atoms. The summed E-state index contributed by atoms with van der Waals surface area (Å²) in [5.74, 6) is 1.07. The van der Waals surface area contributed by atoms with Crippen molar-refractivity contribution in [1.82, 2.24) is 9.55 Å². The minimum atomic E-state index is 0.171. The van der Waals surface area contributed by atoms with Crippen LogP contribution in [-0.4, -0.2) is 21.9 Å². The molecule has 0 radical (unpaired) electrons. The minimum Gasteiger partial charge on any atom is -0.494 e. The van der Waals surface area contributed by atoms with Crippen molar-refractivity contribution in [2.24, 2.45) is 7.05 Å². The molecular formula is C23H26N2O2. The molecule has 3 aromatic rings. The van der Waals surface area contributed by atoms with E-state index in [0.717, 1.165) is 31.4 Å².